The average Bonchev–Trinajstić information content (AvgIpc) is 2.83. The summed E-state index contributed by atoms with van der Waals surface area (Å²) in [4.78, 5) is 11.5. The van der Waals surface area contributed by atoms with E-state index < -0.39 is 5.60 Å². The number of carbonyl (C=O) groups is 1. The Morgan fingerprint density at radius 2 is 2.22 bits per heavy atom. The van der Waals surface area contributed by atoms with Gasteiger partial charge in [0.1, 0.15) is 5.60 Å². The molecule has 2 N–H and O–H groups in total. The molecule has 4 nitrogen and oxygen atoms in total. The molecule has 1 aromatic rings. The van der Waals surface area contributed by atoms with E-state index in [1.54, 1.807) is 0 Å². The van der Waals surface area contributed by atoms with E-state index in [1.807, 2.05) is 30.3 Å². The van der Waals surface area contributed by atoms with Gasteiger partial charge in [0.15, 0.2) is 0 Å². The Hall–Kier alpha value is -1.83. The van der Waals surface area contributed by atoms with Gasteiger partial charge in [0.05, 0.1) is 6.61 Å². The number of amides is 1. The van der Waals surface area contributed by atoms with E-state index in [1.165, 1.54) is 0 Å². The summed E-state index contributed by atoms with van der Waals surface area (Å²) in [6.45, 7) is 0.969. The Morgan fingerprint density at radius 1 is 1.44 bits per heavy atom. The fraction of sp³-hybridized carbons (Fsp3) is 0.357. The highest BCUT2D eigenvalue weighted by Crippen LogP contribution is 2.16. The zero-order valence-corrected chi connectivity index (χ0v) is 9.98. The second kappa shape index (κ2) is 5.67. The van der Waals surface area contributed by atoms with Crippen LogP contribution in [0.3, 0.4) is 0 Å². The van der Waals surface area contributed by atoms with Crippen LogP contribution in [0.1, 0.15) is 12.0 Å². The summed E-state index contributed by atoms with van der Waals surface area (Å²) in [5.74, 6) is 4.86. The van der Waals surface area contributed by atoms with Gasteiger partial charge in [-0.3, -0.25) is 4.79 Å². The molecule has 1 amide bonds. The minimum atomic E-state index is -0.940. The third kappa shape index (κ3) is 3.59. The van der Waals surface area contributed by atoms with Crippen molar-refractivity contribution >= 4 is 5.91 Å². The van der Waals surface area contributed by atoms with E-state index >= 15 is 0 Å². The lowest BCUT2D eigenvalue weighted by Crippen LogP contribution is -2.43. The number of hydrogen-bond acceptors (Lipinski definition) is 3. The zero-order chi connectivity index (χ0) is 12.8. The predicted molar refractivity (Wildman–Crippen MR) is 66.7 cm³/mol. The molecular formula is C14H15NO3. The molecule has 1 aromatic carbocycles. The van der Waals surface area contributed by atoms with Crippen LogP contribution in [0, 0.1) is 11.8 Å². The van der Waals surface area contributed by atoms with Gasteiger partial charge in [0, 0.05) is 31.1 Å². The van der Waals surface area contributed by atoms with Crippen LogP contribution in [0.25, 0.3) is 0 Å². The zero-order valence-electron chi connectivity index (χ0n) is 9.98. The molecule has 0 spiro atoms. The molecule has 1 atom stereocenters. The van der Waals surface area contributed by atoms with Gasteiger partial charge in [0.2, 0.25) is 0 Å². The third-order valence-corrected chi connectivity index (χ3v) is 2.75. The normalized spacial score (nSPS) is 22.1. The summed E-state index contributed by atoms with van der Waals surface area (Å²) in [6.07, 6.45) is 0.541. The molecule has 0 aliphatic carbocycles. The minimum Gasteiger partial charge on any atom is -0.386 e. The highest BCUT2D eigenvalue weighted by molar-refractivity contribution is 5.94. The van der Waals surface area contributed by atoms with Crippen LogP contribution in [0.2, 0.25) is 0 Å². The number of carbonyl (C=O) groups excluding carboxylic acids is 1. The van der Waals surface area contributed by atoms with Gasteiger partial charge in [-0.1, -0.05) is 24.1 Å². The lowest BCUT2D eigenvalue weighted by Gasteiger charge is -2.19. The van der Waals surface area contributed by atoms with Crippen LogP contribution in [-0.4, -0.2) is 36.4 Å². The minimum absolute atomic E-state index is 0.176. The van der Waals surface area contributed by atoms with Gasteiger partial charge in [0.25, 0.3) is 5.91 Å². The van der Waals surface area contributed by atoms with Crippen molar-refractivity contribution in [3.8, 4) is 11.8 Å². The van der Waals surface area contributed by atoms with E-state index in [4.69, 9.17) is 4.74 Å². The van der Waals surface area contributed by atoms with Gasteiger partial charge in [-0.05, 0) is 12.1 Å². The standard InChI is InChI=1S/C14H15NO3/c16-13(7-6-12-4-2-1-3-5-12)15-10-14(17)8-9-18-11-14/h1-5,17H,8-11H2,(H,15,16)/t14-/m0/s1. The largest absolute Gasteiger partial charge is 0.386 e. The maximum atomic E-state index is 11.5. The van der Waals surface area contributed by atoms with E-state index in [2.05, 4.69) is 17.2 Å². The Bertz CT molecular complexity index is 467. The predicted octanol–water partition coefficient (Wildman–Crippen LogP) is 0.306. The summed E-state index contributed by atoms with van der Waals surface area (Å²) in [5.41, 5.74) is -0.153. The topological polar surface area (TPSA) is 58.6 Å². The first-order valence-electron chi connectivity index (χ1n) is 5.83. The summed E-state index contributed by atoms with van der Waals surface area (Å²) >= 11 is 0. The number of hydrogen-bond donors (Lipinski definition) is 2. The first kappa shape index (κ1) is 12.6. The maximum absolute atomic E-state index is 11.5. The number of nitrogens with one attached hydrogen (secondary N) is 1. The fourth-order valence-electron chi connectivity index (χ4n) is 1.68. The molecule has 0 radical (unpaired) electrons. The van der Waals surface area contributed by atoms with Crippen molar-refractivity contribution in [1.82, 2.24) is 5.32 Å². The molecule has 1 fully saturated rings. The van der Waals surface area contributed by atoms with Crippen LogP contribution in [0.5, 0.6) is 0 Å². The van der Waals surface area contributed by atoms with Gasteiger partial charge in [-0.2, -0.15) is 0 Å². The van der Waals surface area contributed by atoms with Crippen molar-refractivity contribution in [3.63, 3.8) is 0 Å². The van der Waals surface area contributed by atoms with Crippen LogP contribution in [-0.2, 0) is 9.53 Å². The smallest absolute Gasteiger partial charge is 0.296 e. The monoisotopic (exact) mass is 245 g/mol. The number of benzene rings is 1. The average molecular weight is 245 g/mol. The maximum Gasteiger partial charge on any atom is 0.296 e. The number of ether oxygens (including phenoxy) is 1. The highest BCUT2D eigenvalue weighted by Gasteiger charge is 2.32. The van der Waals surface area contributed by atoms with E-state index in [0.29, 0.717) is 13.0 Å². The van der Waals surface area contributed by atoms with Crippen molar-refractivity contribution in [2.45, 2.75) is 12.0 Å². The Labute approximate surface area is 106 Å². The number of rotatable bonds is 2. The molecule has 0 bridgehead atoms. The van der Waals surface area contributed by atoms with E-state index in [-0.39, 0.29) is 19.1 Å². The molecule has 1 saturated heterocycles. The van der Waals surface area contributed by atoms with Crippen molar-refractivity contribution in [3.05, 3.63) is 35.9 Å². The molecule has 2 rings (SSSR count). The molecule has 1 aliphatic rings. The van der Waals surface area contributed by atoms with Crippen LogP contribution in [0.4, 0.5) is 0 Å². The second-order valence-electron chi connectivity index (χ2n) is 4.33. The summed E-state index contributed by atoms with van der Waals surface area (Å²) < 4.78 is 5.08. The van der Waals surface area contributed by atoms with Crippen LogP contribution in [0.15, 0.2) is 30.3 Å². The second-order valence-corrected chi connectivity index (χ2v) is 4.33. The molecule has 0 unspecified atom stereocenters. The molecule has 18 heavy (non-hydrogen) atoms. The van der Waals surface area contributed by atoms with Crippen molar-refractivity contribution in [2.75, 3.05) is 19.8 Å². The fourth-order valence-corrected chi connectivity index (χ4v) is 1.68. The first-order chi connectivity index (χ1) is 8.68. The Morgan fingerprint density at radius 3 is 2.89 bits per heavy atom. The van der Waals surface area contributed by atoms with Crippen molar-refractivity contribution < 1.29 is 14.6 Å². The SMILES string of the molecule is O=C(C#Cc1ccccc1)NC[C@@]1(O)CCOC1. The van der Waals surface area contributed by atoms with Crippen LogP contribution < -0.4 is 5.32 Å². The lowest BCUT2D eigenvalue weighted by molar-refractivity contribution is -0.116. The Kier molecular flexibility index (Phi) is 3.98. The van der Waals surface area contributed by atoms with Gasteiger partial charge in [-0.15, -0.1) is 0 Å². The highest BCUT2D eigenvalue weighted by atomic mass is 16.5. The summed E-state index contributed by atoms with van der Waals surface area (Å²) in [7, 11) is 0. The lowest BCUT2D eigenvalue weighted by atomic mass is 10.0. The molecule has 0 saturated carbocycles. The van der Waals surface area contributed by atoms with Crippen molar-refractivity contribution in [2.24, 2.45) is 0 Å². The first-order valence-corrected chi connectivity index (χ1v) is 5.83. The Balaban J connectivity index is 1.84. The van der Waals surface area contributed by atoms with E-state index in [9.17, 15) is 9.90 Å². The molecule has 1 aliphatic heterocycles. The quantitative estimate of drug-likeness (QED) is 0.737. The molecule has 0 aromatic heterocycles. The molecule has 94 valence electrons. The van der Waals surface area contributed by atoms with Gasteiger partial charge < -0.3 is 15.2 Å². The summed E-state index contributed by atoms with van der Waals surface area (Å²) in [5, 5.41) is 12.5. The van der Waals surface area contributed by atoms with Crippen LogP contribution >= 0.6 is 0 Å². The summed E-state index contributed by atoms with van der Waals surface area (Å²) in [6, 6.07) is 9.28. The molecule has 4 heteroatoms. The molecular weight excluding hydrogens is 230 g/mol. The number of aliphatic hydroxyl groups is 1. The van der Waals surface area contributed by atoms with Crippen molar-refractivity contribution in [1.29, 1.82) is 0 Å². The third-order valence-electron chi connectivity index (χ3n) is 2.75. The van der Waals surface area contributed by atoms with Gasteiger partial charge in [-0.25, -0.2) is 0 Å². The van der Waals surface area contributed by atoms with E-state index in [0.717, 1.165) is 5.56 Å². The van der Waals surface area contributed by atoms with Gasteiger partial charge >= 0.3 is 0 Å². The molecule has 1 heterocycles.